The first-order valence-corrected chi connectivity index (χ1v) is 5.13. The fourth-order valence-corrected chi connectivity index (χ4v) is 0.809. The molecule has 0 aliphatic heterocycles. The minimum absolute atomic E-state index is 0.0669. The summed E-state index contributed by atoms with van der Waals surface area (Å²) in [6, 6.07) is -0.636. The molecule has 0 fully saturated rings. The summed E-state index contributed by atoms with van der Waals surface area (Å²) in [7, 11) is 0. The van der Waals surface area contributed by atoms with Crippen molar-refractivity contribution in [1.82, 2.24) is 5.32 Å². The second kappa shape index (κ2) is 7.92. The molecule has 6 heteroatoms. The Kier molecular flexibility index (Phi) is 7.28. The molecule has 2 N–H and O–H groups in total. The van der Waals surface area contributed by atoms with Crippen LogP contribution in [-0.4, -0.2) is 43.0 Å². The van der Waals surface area contributed by atoms with Crippen LogP contribution in [0.15, 0.2) is 0 Å². The quantitative estimate of drug-likeness (QED) is 0.644. The predicted molar refractivity (Wildman–Crippen MR) is 56.8 cm³/mol. The highest BCUT2D eigenvalue weighted by molar-refractivity contribution is 5.68. The molecule has 0 spiro atoms. The summed E-state index contributed by atoms with van der Waals surface area (Å²) in [4.78, 5) is 21.7. The molecule has 0 aliphatic carbocycles. The topological polar surface area (TPSA) is 84.9 Å². The van der Waals surface area contributed by atoms with Crippen molar-refractivity contribution in [3.05, 3.63) is 0 Å². The first-order valence-electron chi connectivity index (χ1n) is 5.13. The molecule has 0 aliphatic rings. The average molecular weight is 233 g/mol. The van der Waals surface area contributed by atoms with Gasteiger partial charge in [0.15, 0.2) is 0 Å². The minimum atomic E-state index is -0.636. The van der Waals surface area contributed by atoms with E-state index in [9.17, 15) is 9.59 Å². The number of nitrogens with one attached hydrogen (secondary N) is 1. The van der Waals surface area contributed by atoms with Crippen LogP contribution in [0.4, 0.5) is 4.79 Å². The number of hydrogen-bond donors (Lipinski definition) is 2. The van der Waals surface area contributed by atoms with Crippen molar-refractivity contribution in [2.75, 3.05) is 19.8 Å². The Hall–Kier alpha value is -1.30. The van der Waals surface area contributed by atoms with E-state index in [2.05, 4.69) is 10.1 Å². The molecule has 1 amide bonds. The van der Waals surface area contributed by atoms with Crippen LogP contribution in [0.3, 0.4) is 0 Å². The first kappa shape index (κ1) is 14.7. The Morgan fingerprint density at radius 2 is 1.88 bits per heavy atom. The minimum Gasteiger partial charge on any atom is -0.464 e. The van der Waals surface area contributed by atoms with Gasteiger partial charge in [-0.15, -0.1) is 0 Å². The number of aliphatic hydroxyl groups excluding tert-OH is 1. The second-order valence-electron chi connectivity index (χ2n) is 3.82. The van der Waals surface area contributed by atoms with E-state index in [1.165, 1.54) is 6.92 Å². The van der Waals surface area contributed by atoms with Gasteiger partial charge in [-0.2, -0.15) is 0 Å². The number of rotatable bonds is 6. The monoisotopic (exact) mass is 233 g/mol. The molecule has 0 rings (SSSR count). The van der Waals surface area contributed by atoms with Crippen LogP contribution >= 0.6 is 0 Å². The van der Waals surface area contributed by atoms with Crippen LogP contribution in [-0.2, 0) is 14.3 Å². The number of aliphatic hydroxyl groups is 1. The van der Waals surface area contributed by atoms with Gasteiger partial charge in [0.2, 0.25) is 0 Å². The smallest absolute Gasteiger partial charge is 0.407 e. The molecule has 0 saturated heterocycles. The van der Waals surface area contributed by atoms with Crippen LogP contribution in [0.25, 0.3) is 0 Å². The maximum absolute atomic E-state index is 11.2. The summed E-state index contributed by atoms with van der Waals surface area (Å²) in [5.74, 6) is -0.220. The number of hydrogen-bond acceptors (Lipinski definition) is 5. The Bertz CT molecular complexity index is 229. The highest BCUT2D eigenvalue weighted by atomic mass is 16.6. The van der Waals surface area contributed by atoms with E-state index >= 15 is 0 Å². The van der Waals surface area contributed by atoms with Gasteiger partial charge < -0.3 is 19.9 Å². The third kappa shape index (κ3) is 8.05. The molecule has 0 aromatic rings. The number of carbonyl (C=O) groups excluding carboxylic acids is 2. The van der Waals surface area contributed by atoms with Crippen LogP contribution in [0.5, 0.6) is 0 Å². The Morgan fingerprint density at radius 3 is 2.31 bits per heavy atom. The predicted octanol–water partition coefficient (Wildman–Crippen LogP) is 0.293. The van der Waals surface area contributed by atoms with Crippen molar-refractivity contribution in [3.8, 4) is 0 Å². The zero-order valence-corrected chi connectivity index (χ0v) is 9.86. The number of esters is 1. The van der Waals surface area contributed by atoms with Gasteiger partial charge in [0.05, 0.1) is 19.3 Å². The van der Waals surface area contributed by atoms with Crippen molar-refractivity contribution in [2.45, 2.75) is 26.8 Å². The van der Waals surface area contributed by atoms with Gasteiger partial charge in [-0.25, -0.2) is 4.79 Å². The zero-order valence-electron chi connectivity index (χ0n) is 9.86. The molecule has 0 aromatic heterocycles. The lowest BCUT2D eigenvalue weighted by molar-refractivity contribution is -0.141. The summed E-state index contributed by atoms with van der Waals surface area (Å²) >= 11 is 0. The van der Waals surface area contributed by atoms with Crippen molar-refractivity contribution in [1.29, 1.82) is 0 Å². The molecular formula is C10H19NO5. The van der Waals surface area contributed by atoms with Crippen LogP contribution in [0.1, 0.15) is 20.8 Å². The molecule has 0 heterocycles. The molecule has 0 radical (unpaired) electrons. The molecule has 0 aromatic carbocycles. The fraction of sp³-hybridized carbons (Fsp3) is 0.800. The second-order valence-corrected chi connectivity index (χ2v) is 3.82. The standard InChI is InChI=1S/C10H19NO5/c1-7(2)5-16-10(14)11-9(4-12)6-15-8(3)13/h7,9,12H,4-6H2,1-3H3,(H,11,14). The van der Waals surface area contributed by atoms with Gasteiger partial charge in [-0.1, -0.05) is 13.8 Å². The highest BCUT2D eigenvalue weighted by Crippen LogP contribution is 1.94. The van der Waals surface area contributed by atoms with E-state index < -0.39 is 18.1 Å². The van der Waals surface area contributed by atoms with E-state index in [1.54, 1.807) is 0 Å². The van der Waals surface area contributed by atoms with Crippen LogP contribution in [0, 0.1) is 5.92 Å². The van der Waals surface area contributed by atoms with E-state index in [-0.39, 0.29) is 19.1 Å². The molecule has 16 heavy (non-hydrogen) atoms. The van der Waals surface area contributed by atoms with E-state index in [1.807, 2.05) is 13.8 Å². The molecular weight excluding hydrogens is 214 g/mol. The van der Waals surface area contributed by atoms with Gasteiger partial charge >= 0.3 is 12.1 Å². The summed E-state index contributed by atoms with van der Waals surface area (Å²) in [6.07, 6.45) is -0.625. The van der Waals surface area contributed by atoms with Crippen molar-refractivity contribution in [3.63, 3.8) is 0 Å². The van der Waals surface area contributed by atoms with E-state index in [0.717, 1.165) is 0 Å². The maximum Gasteiger partial charge on any atom is 0.407 e. The maximum atomic E-state index is 11.2. The summed E-state index contributed by atoms with van der Waals surface area (Å²) < 4.78 is 9.49. The van der Waals surface area contributed by atoms with Crippen LogP contribution in [0.2, 0.25) is 0 Å². The largest absolute Gasteiger partial charge is 0.464 e. The SMILES string of the molecule is CC(=O)OCC(CO)NC(=O)OCC(C)C. The number of ether oxygens (including phenoxy) is 2. The lowest BCUT2D eigenvalue weighted by Gasteiger charge is -2.16. The van der Waals surface area contributed by atoms with Crippen LogP contribution < -0.4 is 5.32 Å². The van der Waals surface area contributed by atoms with Crippen molar-refractivity contribution in [2.24, 2.45) is 5.92 Å². The van der Waals surface area contributed by atoms with E-state index in [4.69, 9.17) is 9.84 Å². The number of amides is 1. The Labute approximate surface area is 94.9 Å². The Morgan fingerprint density at radius 1 is 1.25 bits per heavy atom. The molecule has 0 bridgehead atoms. The highest BCUT2D eigenvalue weighted by Gasteiger charge is 2.13. The lowest BCUT2D eigenvalue weighted by Crippen LogP contribution is -2.41. The van der Waals surface area contributed by atoms with E-state index in [0.29, 0.717) is 6.61 Å². The first-order chi connectivity index (χ1) is 7.45. The molecule has 94 valence electrons. The van der Waals surface area contributed by atoms with Crippen molar-refractivity contribution < 1.29 is 24.2 Å². The van der Waals surface area contributed by atoms with Gasteiger partial charge in [-0.3, -0.25) is 4.79 Å². The fourth-order valence-electron chi connectivity index (χ4n) is 0.809. The lowest BCUT2D eigenvalue weighted by atomic mass is 10.2. The average Bonchev–Trinajstić information content (AvgIpc) is 2.20. The zero-order chi connectivity index (χ0) is 12.6. The Balaban J connectivity index is 3.83. The van der Waals surface area contributed by atoms with Gasteiger partial charge in [0.25, 0.3) is 0 Å². The normalized spacial score (nSPS) is 12.1. The molecule has 6 nitrogen and oxygen atoms in total. The third-order valence-electron chi connectivity index (χ3n) is 1.58. The molecule has 1 atom stereocenters. The van der Waals surface area contributed by atoms with Crippen molar-refractivity contribution >= 4 is 12.1 Å². The molecule has 1 unspecified atom stereocenters. The summed E-state index contributed by atoms with van der Waals surface area (Å²) in [5.41, 5.74) is 0. The van der Waals surface area contributed by atoms with Gasteiger partial charge in [0, 0.05) is 6.92 Å². The number of carbonyl (C=O) groups is 2. The molecule has 0 saturated carbocycles. The number of alkyl carbamates (subject to hydrolysis) is 1. The van der Waals surface area contributed by atoms with Gasteiger partial charge in [0.1, 0.15) is 6.61 Å². The van der Waals surface area contributed by atoms with Gasteiger partial charge in [-0.05, 0) is 5.92 Å². The summed E-state index contributed by atoms with van der Waals surface area (Å²) in [6.45, 7) is 5.00. The summed E-state index contributed by atoms with van der Waals surface area (Å²) in [5, 5.41) is 11.3. The third-order valence-corrected chi connectivity index (χ3v) is 1.58.